The van der Waals surface area contributed by atoms with Crippen LogP contribution in [0.4, 0.5) is 0 Å². The van der Waals surface area contributed by atoms with Crippen molar-refractivity contribution in [1.82, 2.24) is 4.98 Å². The molecular weight excluding hydrogens is 322 g/mol. The van der Waals surface area contributed by atoms with E-state index in [4.69, 9.17) is 9.15 Å². The standard InChI is InChI=1S/C11H10BrNO4S/c1-16-9-3-2-8(12)6-10(9)18(14,15)7-11-13-4-5-17-11/h2-6H,7H2,1H3. The number of halogens is 1. The summed E-state index contributed by atoms with van der Waals surface area (Å²) < 4.78 is 35.1. The number of ether oxygens (including phenoxy) is 1. The van der Waals surface area contributed by atoms with Gasteiger partial charge >= 0.3 is 0 Å². The first-order chi connectivity index (χ1) is 8.53. The molecule has 0 N–H and O–H groups in total. The molecule has 0 saturated carbocycles. The van der Waals surface area contributed by atoms with Crippen molar-refractivity contribution in [3.8, 4) is 5.75 Å². The molecule has 0 amide bonds. The highest BCUT2D eigenvalue weighted by Gasteiger charge is 2.22. The predicted octanol–water partition coefficient (Wildman–Crippen LogP) is 2.42. The van der Waals surface area contributed by atoms with Crippen LogP contribution in [0, 0.1) is 0 Å². The maximum Gasteiger partial charge on any atom is 0.209 e. The zero-order valence-corrected chi connectivity index (χ0v) is 11.9. The Morgan fingerprint density at radius 3 is 2.83 bits per heavy atom. The summed E-state index contributed by atoms with van der Waals surface area (Å²) in [7, 11) is -2.14. The Balaban J connectivity index is 2.43. The fourth-order valence-corrected chi connectivity index (χ4v) is 3.36. The van der Waals surface area contributed by atoms with Gasteiger partial charge in [-0.2, -0.15) is 0 Å². The summed E-state index contributed by atoms with van der Waals surface area (Å²) in [5, 5.41) is 0. The molecule has 5 nitrogen and oxygen atoms in total. The minimum Gasteiger partial charge on any atom is -0.495 e. The van der Waals surface area contributed by atoms with Crippen LogP contribution >= 0.6 is 15.9 Å². The van der Waals surface area contributed by atoms with Gasteiger partial charge in [0.2, 0.25) is 5.89 Å². The third kappa shape index (κ3) is 2.73. The van der Waals surface area contributed by atoms with E-state index in [9.17, 15) is 8.42 Å². The fourth-order valence-electron chi connectivity index (χ4n) is 1.46. The smallest absolute Gasteiger partial charge is 0.209 e. The van der Waals surface area contributed by atoms with E-state index in [0.717, 1.165) is 0 Å². The van der Waals surface area contributed by atoms with Crippen molar-refractivity contribution in [3.05, 3.63) is 41.0 Å². The first-order valence-electron chi connectivity index (χ1n) is 4.97. The van der Waals surface area contributed by atoms with Crippen LogP contribution in [0.3, 0.4) is 0 Å². The number of hydrogen-bond acceptors (Lipinski definition) is 5. The molecule has 0 unspecified atom stereocenters. The van der Waals surface area contributed by atoms with Gasteiger partial charge in [0.25, 0.3) is 0 Å². The second kappa shape index (κ2) is 5.11. The summed E-state index contributed by atoms with van der Waals surface area (Å²) in [5.41, 5.74) is 0. The van der Waals surface area contributed by atoms with E-state index in [1.807, 2.05) is 0 Å². The Labute approximate surface area is 113 Å². The average Bonchev–Trinajstić information content (AvgIpc) is 2.81. The second-order valence-corrected chi connectivity index (χ2v) is 6.35. The molecule has 1 aromatic carbocycles. The number of sulfone groups is 1. The third-order valence-electron chi connectivity index (χ3n) is 2.26. The zero-order valence-electron chi connectivity index (χ0n) is 9.46. The molecule has 0 aliphatic carbocycles. The lowest BCUT2D eigenvalue weighted by Crippen LogP contribution is -2.07. The molecule has 0 aliphatic heterocycles. The van der Waals surface area contributed by atoms with Gasteiger partial charge in [-0.25, -0.2) is 13.4 Å². The van der Waals surface area contributed by atoms with Crippen molar-refractivity contribution in [1.29, 1.82) is 0 Å². The van der Waals surface area contributed by atoms with Gasteiger partial charge in [0.1, 0.15) is 22.7 Å². The van der Waals surface area contributed by atoms with Crippen LogP contribution in [-0.4, -0.2) is 20.5 Å². The summed E-state index contributed by atoms with van der Waals surface area (Å²) in [6.07, 6.45) is 2.74. The van der Waals surface area contributed by atoms with E-state index in [-0.39, 0.29) is 16.5 Å². The molecule has 96 valence electrons. The quantitative estimate of drug-likeness (QED) is 0.860. The third-order valence-corrected chi connectivity index (χ3v) is 4.37. The van der Waals surface area contributed by atoms with Gasteiger partial charge in [-0.15, -0.1) is 0 Å². The summed E-state index contributed by atoms with van der Waals surface area (Å²) in [5.74, 6) is 0.147. The SMILES string of the molecule is COc1ccc(Br)cc1S(=O)(=O)Cc1ncco1. The van der Waals surface area contributed by atoms with Gasteiger partial charge in [-0.1, -0.05) is 15.9 Å². The molecule has 1 heterocycles. The minimum absolute atomic E-state index is 0.109. The summed E-state index contributed by atoms with van der Waals surface area (Å²) >= 11 is 3.24. The van der Waals surface area contributed by atoms with Crippen LogP contribution in [0.2, 0.25) is 0 Å². The summed E-state index contributed by atoms with van der Waals surface area (Å²) in [4.78, 5) is 3.92. The number of oxazole rings is 1. The van der Waals surface area contributed by atoms with Crippen molar-refractivity contribution in [2.45, 2.75) is 10.6 Å². The van der Waals surface area contributed by atoms with Crippen molar-refractivity contribution < 1.29 is 17.6 Å². The van der Waals surface area contributed by atoms with E-state index in [1.165, 1.54) is 25.6 Å². The lowest BCUT2D eigenvalue weighted by molar-refractivity contribution is 0.402. The molecule has 7 heteroatoms. The van der Waals surface area contributed by atoms with Crippen LogP contribution in [-0.2, 0) is 15.6 Å². The maximum atomic E-state index is 12.2. The molecular formula is C11H10BrNO4S. The Bertz CT molecular complexity index is 637. The monoisotopic (exact) mass is 331 g/mol. The number of nitrogens with zero attached hydrogens (tertiary/aromatic N) is 1. The molecule has 2 rings (SSSR count). The number of benzene rings is 1. The van der Waals surface area contributed by atoms with Gasteiger partial charge in [0.15, 0.2) is 9.84 Å². The Hall–Kier alpha value is -1.34. The van der Waals surface area contributed by atoms with E-state index in [2.05, 4.69) is 20.9 Å². The second-order valence-electron chi connectivity index (χ2n) is 3.48. The van der Waals surface area contributed by atoms with Gasteiger partial charge < -0.3 is 9.15 Å². The molecule has 0 aliphatic rings. The molecule has 0 radical (unpaired) electrons. The first-order valence-corrected chi connectivity index (χ1v) is 7.42. The van der Waals surface area contributed by atoms with Crippen molar-refractivity contribution in [2.75, 3.05) is 7.11 Å². The van der Waals surface area contributed by atoms with Gasteiger partial charge in [-0.3, -0.25) is 0 Å². The van der Waals surface area contributed by atoms with E-state index in [0.29, 0.717) is 10.2 Å². The van der Waals surface area contributed by atoms with Crippen LogP contribution in [0.5, 0.6) is 5.75 Å². The zero-order chi connectivity index (χ0) is 13.2. The van der Waals surface area contributed by atoms with Crippen molar-refractivity contribution in [3.63, 3.8) is 0 Å². The normalized spacial score (nSPS) is 11.4. The van der Waals surface area contributed by atoms with Gasteiger partial charge in [0.05, 0.1) is 13.3 Å². The first kappa shape index (κ1) is 13.1. The molecule has 18 heavy (non-hydrogen) atoms. The van der Waals surface area contributed by atoms with Gasteiger partial charge in [-0.05, 0) is 18.2 Å². The van der Waals surface area contributed by atoms with Crippen LogP contribution in [0.15, 0.2) is 44.4 Å². The largest absolute Gasteiger partial charge is 0.495 e. The summed E-state index contributed by atoms with van der Waals surface area (Å²) in [6.45, 7) is 0. The van der Waals surface area contributed by atoms with Crippen molar-refractivity contribution >= 4 is 25.8 Å². The van der Waals surface area contributed by atoms with E-state index >= 15 is 0 Å². The molecule has 0 fully saturated rings. The van der Waals surface area contributed by atoms with Gasteiger partial charge in [0, 0.05) is 4.47 Å². The van der Waals surface area contributed by atoms with Crippen molar-refractivity contribution in [2.24, 2.45) is 0 Å². The highest BCUT2D eigenvalue weighted by atomic mass is 79.9. The Morgan fingerprint density at radius 1 is 1.44 bits per heavy atom. The molecule has 0 saturated heterocycles. The fraction of sp³-hybridized carbons (Fsp3) is 0.182. The number of rotatable bonds is 4. The van der Waals surface area contributed by atoms with Crippen LogP contribution < -0.4 is 4.74 Å². The highest BCUT2D eigenvalue weighted by Crippen LogP contribution is 2.29. The van der Waals surface area contributed by atoms with E-state index in [1.54, 1.807) is 12.1 Å². The Morgan fingerprint density at radius 2 is 2.22 bits per heavy atom. The lowest BCUT2D eigenvalue weighted by Gasteiger charge is -2.08. The number of hydrogen-bond donors (Lipinski definition) is 0. The van der Waals surface area contributed by atoms with E-state index < -0.39 is 9.84 Å². The predicted molar refractivity (Wildman–Crippen MR) is 68.1 cm³/mol. The molecule has 2 aromatic rings. The van der Waals surface area contributed by atoms with Crippen LogP contribution in [0.25, 0.3) is 0 Å². The molecule has 0 bridgehead atoms. The number of methoxy groups -OCH3 is 1. The summed E-state index contributed by atoms with van der Waals surface area (Å²) in [6, 6.07) is 4.80. The maximum absolute atomic E-state index is 12.2. The molecule has 0 spiro atoms. The average molecular weight is 332 g/mol. The number of aromatic nitrogens is 1. The molecule has 1 aromatic heterocycles. The topological polar surface area (TPSA) is 69.4 Å². The molecule has 0 atom stereocenters. The van der Waals surface area contributed by atoms with Crippen LogP contribution in [0.1, 0.15) is 5.89 Å². The highest BCUT2D eigenvalue weighted by molar-refractivity contribution is 9.10. The lowest BCUT2D eigenvalue weighted by atomic mass is 10.3. The Kier molecular flexibility index (Phi) is 3.72. The minimum atomic E-state index is -3.56.